The number of ether oxygens (including phenoxy) is 1. The number of aromatic nitrogens is 2. The van der Waals surface area contributed by atoms with Gasteiger partial charge >= 0.3 is 0 Å². The van der Waals surface area contributed by atoms with Crippen LogP contribution in [0, 0.1) is 13.8 Å². The molecule has 1 atom stereocenters. The number of para-hydroxylation sites is 1. The Labute approximate surface area is 125 Å². The molecule has 0 bridgehead atoms. The maximum absolute atomic E-state index is 5.95. The summed E-state index contributed by atoms with van der Waals surface area (Å²) in [6.45, 7) is 6.07. The summed E-state index contributed by atoms with van der Waals surface area (Å²) in [4.78, 5) is 9.21. The Kier molecular flexibility index (Phi) is 4.15. The van der Waals surface area contributed by atoms with Gasteiger partial charge in [-0.3, -0.25) is 0 Å². The fourth-order valence-corrected chi connectivity index (χ4v) is 2.65. The molecule has 1 aromatic carbocycles. The van der Waals surface area contributed by atoms with Crippen molar-refractivity contribution in [1.29, 1.82) is 0 Å². The van der Waals surface area contributed by atoms with Gasteiger partial charge in [-0.15, -0.1) is 0 Å². The molecule has 21 heavy (non-hydrogen) atoms. The molecule has 110 valence electrons. The van der Waals surface area contributed by atoms with Gasteiger partial charge in [-0.25, -0.2) is 4.98 Å². The van der Waals surface area contributed by atoms with Crippen molar-refractivity contribution < 1.29 is 4.74 Å². The fourth-order valence-electron chi connectivity index (χ4n) is 2.65. The van der Waals surface area contributed by atoms with E-state index in [4.69, 9.17) is 4.74 Å². The van der Waals surface area contributed by atoms with Crippen molar-refractivity contribution in [2.75, 3.05) is 13.1 Å². The molecule has 1 unspecified atom stereocenters. The van der Waals surface area contributed by atoms with E-state index in [1.807, 2.05) is 44.2 Å². The Balaban J connectivity index is 1.85. The zero-order valence-electron chi connectivity index (χ0n) is 12.6. The van der Waals surface area contributed by atoms with Gasteiger partial charge in [0.15, 0.2) is 0 Å². The van der Waals surface area contributed by atoms with E-state index >= 15 is 0 Å². The van der Waals surface area contributed by atoms with Crippen LogP contribution >= 0.6 is 0 Å². The van der Waals surface area contributed by atoms with Crippen molar-refractivity contribution in [3.63, 3.8) is 0 Å². The Morgan fingerprint density at radius 3 is 2.81 bits per heavy atom. The second kappa shape index (κ2) is 6.22. The van der Waals surface area contributed by atoms with Crippen LogP contribution in [0.15, 0.2) is 30.3 Å². The quantitative estimate of drug-likeness (QED) is 0.938. The topological polar surface area (TPSA) is 47.0 Å². The predicted molar refractivity (Wildman–Crippen MR) is 82.9 cm³/mol. The third-order valence-electron chi connectivity index (χ3n) is 3.82. The van der Waals surface area contributed by atoms with Gasteiger partial charge < -0.3 is 10.1 Å². The van der Waals surface area contributed by atoms with Gasteiger partial charge in [-0.2, -0.15) is 4.98 Å². The second-order valence-corrected chi connectivity index (χ2v) is 5.62. The van der Waals surface area contributed by atoms with Crippen molar-refractivity contribution in [1.82, 2.24) is 15.3 Å². The summed E-state index contributed by atoms with van der Waals surface area (Å²) in [7, 11) is 0. The normalized spacial score (nSPS) is 18.5. The number of benzene rings is 1. The van der Waals surface area contributed by atoms with Crippen LogP contribution in [-0.4, -0.2) is 23.1 Å². The first-order chi connectivity index (χ1) is 10.2. The zero-order valence-corrected chi connectivity index (χ0v) is 12.6. The van der Waals surface area contributed by atoms with Crippen LogP contribution in [-0.2, 0) is 0 Å². The van der Waals surface area contributed by atoms with Gasteiger partial charge in [0.05, 0.1) is 0 Å². The van der Waals surface area contributed by atoms with Gasteiger partial charge in [0.25, 0.3) is 0 Å². The molecule has 3 rings (SSSR count). The molecule has 0 aliphatic carbocycles. The highest BCUT2D eigenvalue weighted by Gasteiger charge is 2.19. The summed E-state index contributed by atoms with van der Waals surface area (Å²) >= 11 is 0. The minimum Gasteiger partial charge on any atom is -0.439 e. The van der Waals surface area contributed by atoms with Crippen LogP contribution in [0.2, 0.25) is 0 Å². The molecule has 2 aromatic rings. The van der Waals surface area contributed by atoms with Crippen LogP contribution in [0.5, 0.6) is 11.6 Å². The minimum absolute atomic E-state index is 0.387. The first-order valence-electron chi connectivity index (χ1n) is 7.52. The van der Waals surface area contributed by atoms with Gasteiger partial charge in [0, 0.05) is 24.2 Å². The predicted octanol–water partition coefficient (Wildman–Crippen LogP) is 3.35. The summed E-state index contributed by atoms with van der Waals surface area (Å²) in [5.41, 5.74) is 2.06. The molecular formula is C17H21N3O. The summed E-state index contributed by atoms with van der Waals surface area (Å²) in [5, 5.41) is 3.41. The fraction of sp³-hybridized carbons (Fsp3) is 0.412. The third-order valence-corrected chi connectivity index (χ3v) is 3.82. The van der Waals surface area contributed by atoms with Crippen molar-refractivity contribution >= 4 is 0 Å². The molecule has 0 amide bonds. The average Bonchev–Trinajstić information content (AvgIpc) is 2.50. The number of nitrogens with one attached hydrogen (secondary N) is 1. The lowest BCUT2D eigenvalue weighted by Crippen LogP contribution is -2.29. The first kappa shape index (κ1) is 14.0. The highest BCUT2D eigenvalue weighted by Crippen LogP contribution is 2.26. The van der Waals surface area contributed by atoms with Gasteiger partial charge in [-0.1, -0.05) is 18.2 Å². The summed E-state index contributed by atoms with van der Waals surface area (Å²) in [6, 6.07) is 9.88. The maximum Gasteiger partial charge on any atom is 0.222 e. The molecule has 4 nitrogen and oxygen atoms in total. The molecule has 0 radical (unpaired) electrons. The Morgan fingerprint density at radius 1 is 1.19 bits per heavy atom. The highest BCUT2D eigenvalue weighted by atomic mass is 16.5. The van der Waals surface area contributed by atoms with Crippen molar-refractivity contribution in [2.45, 2.75) is 32.6 Å². The number of aryl methyl sites for hydroxylation is 2. The molecule has 1 saturated heterocycles. The van der Waals surface area contributed by atoms with Gasteiger partial charge in [-0.05, 0) is 44.9 Å². The number of hydrogen-bond donors (Lipinski definition) is 1. The number of piperidine rings is 1. The number of hydrogen-bond acceptors (Lipinski definition) is 4. The maximum atomic E-state index is 5.95. The molecule has 1 fully saturated rings. The van der Waals surface area contributed by atoms with E-state index in [0.717, 1.165) is 42.3 Å². The summed E-state index contributed by atoms with van der Waals surface area (Å²) in [5.74, 6) is 2.77. The lowest BCUT2D eigenvalue weighted by Gasteiger charge is -2.22. The largest absolute Gasteiger partial charge is 0.439 e. The second-order valence-electron chi connectivity index (χ2n) is 5.62. The van der Waals surface area contributed by atoms with Crippen LogP contribution in [0.3, 0.4) is 0 Å². The highest BCUT2D eigenvalue weighted by molar-refractivity contribution is 5.35. The summed E-state index contributed by atoms with van der Waals surface area (Å²) in [6.07, 6.45) is 2.32. The van der Waals surface area contributed by atoms with E-state index in [2.05, 4.69) is 15.3 Å². The SMILES string of the molecule is Cc1cc(Oc2ccccc2C)nc(C2CCCNC2)n1. The van der Waals surface area contributed by atoms with Crippen molar-refractivity contribution in [3.8, 4) is 11.6 Å². The molecule has 1 N–H and O–H groups in total. The van der Waals surface area contributed by atoms with Crippen molar-refractivity contribution in [2.24, 2.45) is 0 Å². The standard InChI is InChI=1S/C17H21N3O/c1-12-6-3-4-8-15(12)21-16-10-13(2)19-17(20-16)14-7-5-9-18-11-14/h3-4,6,8,10,14,18H,5,7,9,11H2,1-2H3. The molecule has 1 aromatic heterocycles. The van der Waals surface area contributed by atoms with E-state index in [0.29, 0.717) is 11.8 Å². The molecular weight excluding hydrogens is 262 g/mol. The molecule has 0 saturated carbocycles. The Bertz CT molecular complexity index is 621. The Morgan fingerprint density at radius 2 is 2.05 bits per heavy atom. The van der Waals surface area contributed by atoms with E-state index in [1.54, 1.807) is 0 Å². The van der Waals surface area contributed by atoms with Gasteiger partial charge in [0.2, 0.25) is 5.88 Å². The first-order valence-corrected chi connectivity index (χ1v) is 7.52. The molecule has 4 heteroatoms. The number of nitrogens with zero attached hydrogens (tertiary/aromatic N) is 2. The monoisotopic (exact) mass is 283 g/mol. The van der Waals surface area contributed by atoms with Crippen LogP contribution in [0.4, 0.5) is 0 Å². The van der Waals surface area contributed by atoms with Crippen LogP contribution in [0.25, 0.3) is 0 Å². The van der Waals surface area contributed by atoms with E-state index < -0.39 is 0 Å². The lowest BCUT2D eigenvalue weighted by molar-refractivity contribution is 0.424. The smallest absolute Gasteiger partial charge is 0.222 e. The molecule has 1 aliphatic heterocycles. The van der Waals surface area contributed by atoms with E-state index in [9.17, 15) is 0 Å². The third kappa shape index (κ3) is 3.39. The van der Waals surface area contributed by atoms with Crippen LogP contribution < -0.4 is 10.1 Å². The average molecular weight is 283 g/mol. The molecule has 1 aliphatic rings. The lowest BCUT2D eigenvalue weighted by atomic mass is 9.99. The Hall–Kier alpha value is -1.94. The van der Waals surface area contributed by atoms with E-state index in [1.165, 1.54) is 6.42 Å². The minimum atomic E-state index is 0.387. The zero-order chi connectivity index (χ0) is 14.7. The van der Waals surface area contributed by atoms with E-state index in [-0.39, 0.29) is 0 Å². The van der Waals surface area contributed by atoms with Gasteiger partial charge in [0.1, 0.15) is 11.6 Å². The molecule has 0 spiro atoms. The number of rotatable bonds is 3. The summed E-state index contributed by atoms with van der Waals surface area (Å²) < 4.78 is 5.95. The molecule has 2 heterocycles. The van der Waals surface area contributed by atoms with Crippen LogP contribution in [0.1, 0.15) is 35.8 Å². The van der Waals surface area contributed by atoms with Crippen molar-refractivity contribution in [3.05, 3.63) is 47.4 Å².